The maximum Gasteiger partial charge on any atom is 0.251 e. The first kappa shape index (κ1) is 15.8. The Labute approximate surface area is 126 Å². The van der Waals surface area contributed by atoms with Gasteiger partial charge in [-0.2, -0.15) is 0 Å². The molecule has 0 saturated carbocycles. The van der Waals surface area contributed by atoms with E-state index in [4.69, 9.17) is 10.5 Å². The summed E-state index contributed by atoms with van der Waals surface area (Å²) in [5, 5.41) is 3.08. The Hall–Kier alpha value is -1.62. The molecule has 116 valence electrons. The summed E-state index contributed by atoms with van der Waals surface area (Å²) in [5.74, 6) is 0.239. The van der Waals surface area contributed by atoms with Crippen LogP contribution in [0.25, 0.3) is 0 Å². The van der Waals surface area contributed by atoms with Gasteiger partial charge in [0, 0.05) is 23.3 Å². The van der Waals surface area contributed by atoms with Crippen molar-refractivity contribution in [3.05, 3.63) is 23.4 Å². The third-order valence-corrected chi connectivity index (χ3v) is 4.16. The number of anilines is 1. The van der Waals surface area contributed by atoms with Gasteiger partial charge in [0.05, 0.1) is 11.6 Å². The monoisotopic (exact) mass is 291 g/mol. The summed E-state index contributed by atoms with van der Waals surface area (Å²) in [6.45, 7) is 10.8. The van der Waals surface area contributed by atoms with E-state index in [9.17, 15) is 4.79 Å². The van der Waals surface area contributed by atoms with Gasteiger partial charge in [-0.25, -0.2) is 4.98 Å². The lowest BCUT2D eigenvalue weighted by Gasteiger charge is -2.29. The van der Waals surface area contributed by atoms with E-state index >= 15 is 0 Å². The molecule has 1 fully saturated rings. The minimum atomic E-state index is -0.336. The number of rotatable bonds is 2. The fraction of sp³-hybridized carbons (Fsp3) is 0.625. The molecular weight excluding hydrogens is 266 g/mol. The number of hydrogen-bond acceptors (Lipinski definition) is 4. The van der Waals surface area contributed by atoms with Crippen molar-refractivity contribution in [2.45, 2.75) is 58.1 Å². The van der Waals surface area contributed by atoms with E-state index in [1.165, 1.54) is 0 Å². The van der Waals surface area contributed by atoms with Crippen molar-refractivity contribution in [3.63, 3.8) is 0 Å². The minimum absolute atomic E-state index is 0.00252. The summed E-state index contributed by atoms with van der Waals surface area (Å²) in [6, 6.07) is 3.43. The molecule has 2 rings (SSSR count). The Morgan fingerprint density at radius 1 is 1.48 bits per heavy atom. The standard InChI is InChI=1S/C16H25N3O2/c1-10-16(5,6-7-21-10)19-14(20)11-8-12(15(2,3)4)18-13(17)9-11/h8-10H,6-7H2,1-5H3,(H2,17,18)(H,19,20). The van der Waals surface area contributed by atoms with Gasteiger partial charge < -0.3 is 15.8 Å². The van der Waals surface area contributed by atoms with Gasteiger partial charge in [-0.05, 0) is 32.4 Å². The van der Waals surface area contributed by atoms with Crippen molar-refractivity contribution in [3.8, 4) is 0 Å². The molecule has 2 unspecified atom stereocenters. The van der Waals surface area contributed by atoms with Gasteiger partial charge in [-0.15, -0.1) is 0 Å². The summed E-state index contributed by atoms with van der Waals surface area (Å²) in [4.78, 5) is 16.9. The number of carbonyl (C=O) groups excluding carboxylic acids is 1. The Morgan fingerprint density at radius 3 is 2.67 bits per heavy atom. The maximum atomic E-state index is 12.5. The van der Waals surface area contributed by atoms with E-state index in [0.29, 0.717) is 18.0 Å². The molecule has 2 atom stereocenters. The molecule has 0 aromatic carbocycles. The van der Waals surface area contributed by atoms with Crippen molar-refractivity contribution in [1.82, 2.24) is 10.3 Å². The van der Waals surface area contributed by atoms with Crippen LogP contribution in [-0.2, 0) is 10.2 Å². The molecule has 3 N–H and O–H groups in total. The SMILES string of the molecule is CC1OCCC1(C)NC(=O)c1cc(N)nc(C(C)(C)C)c1. The van der Waals surface area contributed by atoms with Crippen molar-refractivity contribution in [2.24, 2.45) is 0 Å². The predicted molar refractivity (Wildman–Crippen MR) is 83.3 cm³/mol. The number of nitrogen functional groups attached to an aromatic ring is 1. The summed E-state index contributed by atoms with van der Waals surface area (Å²) in [7, 11) is 0. The lowest BCUT2D eigenvalue weighted by Crippen LogP contribution is -2.50. The smallest absolute Gasteiger partial charge is 0.251 e. The first-order valence-corrected chi connectivity index (χ1v) is 7.34. The highest BCUT2D eigenvalue weighted by Gasteiger charge is 2.38. The van der Waals surface area contributed by atoms with Gasteiger partial charge in [-0.3, -0.25) is 4.79 Å². The van der Waals surface area contributed by atoms with Crippen LogP contribution in [-0.4, -0.2) is 29.1 Å². The fourth-order valence-electron chi connectivity index (χ4n) is 2.40. The number of nitrogens with zero attached hydrogens (tertiary/aromatic N) is 1. The Kier molecular flexibility index (Phi) is 3.97. The van der Waals surface area contributed by atoms with Gasteiger partial charge in [0.15, 0.2) is 0 Å². The number of nitrogens with one attached hydrogen (secondary N) is 1. The van der Waals surface area contributed by atoms with E-state index < -0.39 is 0 Å². The topological polar surface area (TPSA) is 77.2 Å². The lowest BCUT2D eigenvalue weighted by molar-refractivity contribution is 0.0727. The number of pyridine rings is 1. The molecule has 1 aromatic rings. The second-order valence-electron chi connectivity index (χ2n) is 7.05. The predicted octanol–water partition coefficient (Wildman–Crippen LogP) is 2.26. The number of nitrogens with two attached hydrogens (primary N) is 1. The quantitative estimate of drug-likeness (QED) is 0.876. The molecule has 0 spiro atoms. The van der Waals surface area contributed by atoms with Gasteiger partial charge in [0.25, 0.3) is 5.91 Å². The minimum Gasteiger partial charge on any atom is -0.384 e. The van der Waals surface area contributed by atoms with Crippen molar-refractivity contribution in [1.29, 1.82) is 0 Å². The molecule has 0 aliphatic carbocycles. The molecule has 0 bridgehead atoms. The Bertz CT molecular complexity index is 551. The molecular formula is C16H25N3O2. The number of amides is 1. The van der Waals surface area contributed by atoms with Crippen LogP contribution >= 0.6 is 0 Å². The first-order valence-electron chi connectivity index (χ1n) is 7.34. The van der Waals surface area contributed by atoms with Crippen molar-refractivity contribution >= 4 is 11.7 Å². The number of carbonyl (C=O) groups is 1. The van der Waals surface area contributed by atoms with E-state index in [1.54, 1.807) is 6.07 Å². The second kappa shape index (κ2) is 5.30. The summed E-state index contributed by atoms with van der Waals surface area (Å²) in [5.41, 5.74) is 6.72. The molecule has 0 radical (unpaired) electrons. The van der Waals surface area contributed by atoms with Crippen LogP contribution in [0.4, 0.5) is 5.82 Å². The normalized spacial score (nSPS) is 25.9. The molecule has 5 nitrogen and oxygen atoms in total. The summed E-state index contributed by atoms with van der Waals surface area (Å²) < 4.78 is 5.56. The summed E-state index contributed by atoms with van der Waals surface area (Å²) in [6.07, 6.45) is 0.815. The maximum absolute atomic E-state index is 12.5. The molecule has 1 saturated heterocycles. The number of hydrogen-bond donors (Lipinski definition) is 2. The molecule has 5 heteroatoms. The van der Waals surface area contributed by atoms with Gasteiger partial charge in [0.1, 0.15) is 5.82 Å². The van der Waals surface area contributed by atoms with E-state index in [2.05, 4.69) is 10.3 Å². The second-order valence-corrected chi connectivity index (χ2v) is 7.05. The summed E-state index contributed by atoms with van der Waals surface area (Å²) >= 11 is 0. The molecule has 21 heavy (non-hydrogen) atoms. The first-order chi connectivity index (χ1) is 9.62. The average Bonchev–Trinajstić information content (AvgIpc) is 2.67. The van der Waals surface area contributed by atoms with E-state index in [-0.39, 0.29) is 23.0 Å². The Morgan fingerprint density at radius 2 is 2.14 bits per heavy atom. The van der Waals surface area contributed by atoms with Crippen LogP contribution in [0.3, 0.4) is 0 Å². The van der Waals surface area contributed by atoms with Crippen molar-refractivity contribution in [2.75, 3.05) is 12.3 Å². The highest BCUT2D eigenvalue weighted by Crippen LogP contribution is 2.26. The molecule has 1 aliphatic rings. The van der Waals surface area contributed by atoms with Crippen LogP contribution in [0, 0.1) is 0 Å². The van der Waals surface area contributed by atoms with Gasteiger partial charge in [-0.1, -0.05) is 20.8 Å². The van der Waals surface area contributed by atoms with E-state index in [0.717, 1.165) is 12.1 Å². The molecule has 1 aromatic heterocycles. The van der Waals surface area contributed by atoms with Gasteiger partial charge >= 0.3 is 0 Å². The molecule has 1 aliphatic heterocycles. The van der Waals surface area contributed by atoms with Crippen LogP contribution in [0.15, 0.2) is 12.1 Å². The third-order valence-electron chi connectivity index (χ3n) is 4.16. The van der Waals surface area contributed by atoms with Gasteiger partial charge in [0.2, 0.25) is 0 Å². The van der Waals surface area contributed by atoms with Crippen LogP contribution in [0.5, 0.6) is 0 Å². The highest BCUT2D eigenvalue weighted by atomic mass is 16.5. The lowest BCUT2D eigenvalue weighted by atomic mass is 9.90. The molecule has 1 amide bonds. The molecule has 2 heterocycles. The largest absolute Gasteiger partial charge is 0.384 e. The fourth-order valence-corrected chi connectivity index (χ4v) is 2.40. The van der Waals surface area contributed by atoms with E-state index in [1.807, 2.05) is 40.7 Å². The third kappa shape index (κ3) is 3.35. The average molecular weight is 291 g/mol. The number of ether oxygens (including phenoxy) is 1. The highest BCUT2D eigenvalue weighted by molar-refractivity contribution is 5.95. The zero-order chi connectivity index (χ0) is 15.8. The van der Waals surface area contributed by atoms with Crippen LogP contribution in [0.2, 0.25) is 0 Å². The Balaban J connectivity index is 2.26. The van der Waals surface area contributed by atoms with Crippen LogP contribution in [0.1, 0.15) is 57.1 Å². The zero-order valence-electron chi connectivity index (χ0n) is 13.5. The zero-order valence-corrected chi connectivity index (χ0v) is 13.5. The van der Waals surface area contributed by atoms with Crippen molar-refractivity contribution < 1.29 is 9.53 Å². The number of aromatic nitrogens is 1. The van der Waals surface area contributed by atoms with Crippen LogP contribution < -0.4 is 11.1 Å².